The van der Waals surface area contributed by atoms with Crippen molar-refractivity contribution in [2.75, 3.05) is 30.3 Å². The second-order valence-corrected chi connectivity index (χ2v) is 4.14. The summed E-state index contributed by atoms with van der Waals surface area (Å²) in [6, 6.07) is 1.43. The predicted molar refractivity (Wildman–Crippen MR) is 70.0 cm³/mol. The number of hydrogen-bond donors (Lipinski definition) is 2. The Morgan fingerprint density at radius 3 is 2.70 bits per heavy atom. The standard InChI is InChI=1S/C12H14N4O4/c1-2-20-12(19)7-3-4-14-11(10(7)13)16-5-8(17)15-9(18)6-16/h3-4H,2,5-6,13H2,1H3,(H,15,17,18). The van der Waals surface area contributed by atoms with Crippen LogP contribution in [0.25, 0.3) is 0 Å². The van der Waals surface area contributed by atoms with E-state index in [9.17, 15) is 14.4 Å². The third-order valence-electron chi connectivity index (χ3n) is 2.71. The lowest BCUT2D eigenvalue weighted by Crippen LogP contribution is -2.52. The Balaban J connectivity index is 2.33. The second-order valence-electron chi connectivity index (χ2n) is 4.14. The van der Waals surface area contributed by atoms with E-state index in [1.54, 1.807) is 6.92 Å². The molecule has 0 aromatic carbocycles. The van der Waals surface area contributed by atoms with E-state index >= 15 is 0 Å². The van der Waals surface area contributed by atoms with Crippen LogP contribution in [0.5, 0.6) is 0 Å². The van der Waals surface area contributed by atoms with Gasteiger partial charge in [0.2, 0.25) is 11.8 Å². The quantitative estimate of drug-likeness (QED) is 0.555. The summed E-state index contributed by atoms with van der Waals surface area (Å²) >= 11 is 0. The number of nitrogens with one attached hydrogen (secondary N) is 1. The molecule has 0 spiro atoms. The summed E-state index contributed by atoms with van der Waals surface area (Å²) in [6.45, 7) is 1.81. The lowest BCUT2D eigenvalue weighted by atomic mass is 10.2. The first-order valence-corrected chi connectivity index (χ1v) is 6.02. The molecular weight excluding hydrogens is 264 g/mol. The Bertz CT molecular complexity index is 557. The van der Waals surface area contributed by atoms with Gasteiger partial charge in [-0.2, -0.15) is 0 Å². The number of aromatic nitrogens is 1. The number of carbonyl (C=O) groups excluding carboxylic acids is 3. The van der Waals surface area contributed by atoms with Gasteiger partial charge in [0.15, 0.2) is 5.82 Å². The summed E-state index contributed by atoms with van der Waals surface area (Å²) in [5.41, 5.74) is 6.14. The molecule has 106 valence electrons. The van der Waals surface area contributed by atoms with E-state index < -0.39 is 17.8 Å². The number of anilines is 2. The van der Waals surface area contributed by atoms with Gasteiger partial charge >= 0.3 is 5.97 Å². The van der Waals surface area contributed by atoms with Crippen LogP contribution in [0.15, 0.2) is 12.3 Å². The monoisotopic (exact) mass is 278 g/mol. The van der Waals surface area contributed by atoms with Gasteiger partial charge in [0.25, 0.3) is 0 Å². The Hall–Kier alpha value is -2.64. The minimum atomic E-state index is -0.568. The maximum Gasteiger partial charge on any atom is 0.340 e. The molecule has 8 nitrogen and oxygen atoms in total. The molecule has 1 aliphatic rings. The van der Waals surface area contributed by atoms with Gasteiger partial charge in [-0.3, -0.25) is 14.9 Å². The zero-order valence-electron chi connectivity index (χ0n) is 10.9. The van der Waals surface area contributed by atoms with Crippen molar-refractivity contribution in [2.24, 2.45) is 0 Å². The Labute approximate surface area is 114 Å². The first-order valence-electron chi connectivity index (χ1n) is 6.02. The largest absolute Gasteiger partial charge is 0.462 e. The summed E-state index contributed by atoms with van der Waals surface area (Å²) in [5.74, 6) is -1.23. The van der Waals surface area contributed by atoms with Crippen LogP contribution in [0.3, 0.4) is 0 Å². The number of esters is 1. The number of rotatable bonds is 3. The average Bonchev–Trinajstić information content (AvgIpc) is 2.38. The molecule has 2 rings (SSSR count). The second kappa shape index (κ2) is 5.55. The zero-order valence-corrected chi connectivity index (χ0v) is 10.9. The number of amides is 2. The lowest BCUT2D eigenvalue weighted by Gasteiger charge is -2.27. The van der Waals surface area contributed by atoms with Crippen LogP contribution in [0, 0.1) is 0 Å². The van der Waals surface area contributed by atoms with Gasteiger partial charge < -0.3 is 15.4 Å². The molecular formula is C12H14N4O4. The van der Waals surface area contributed by atoms with E-state index in [4.69, 9.17) is 10.5 Å². The molecule has 1 saturated heterocycles. The number of ether oxygens (including phenoxy) is 1. The number of imide groups is 1. The van der Waals surface area contributed by atoms with Crippen LogP contribution in [0.4, 0.5) is 11.5 Å². The van der Waals surface area contributed by atoms with Gasteiger partial charge in [-0.15, -0.1) is 0 Å². The number of hydrogen-bond acceptors (Lipinski definition) is 7. The van der Waals surface area contributed by atoms with E-state index in [0.29, 0.717) is 0 Å². The van der Waals surface area contributed by atoms with Gasteiger partial charge in [0.1, 0.15) is 0 Å². The van der Waals surface area contributed by atoms with Crippen molar-refractivity contribution in [2.45, 2.75) is 6.92 Å². The maximum atomic E-state index is 11.7. The summed E-state index contributed by atoms with van der Waals surface area (Å²) < 4.78 is 4.88. The van der Waals surface area contributed by atoms with Gasteiger partial charge in [-0.25, -0.2) is 9.78 Å². The molecule has 0 bridgehead atoms. The summed E-state index contributed by atoms with van der Waals surface area (Å²) in [4.78, 5) is 39.9. The summed E-state index contributed by atoms with van der Waals surface area (Å²) in [5, 5.41) is 2.18. The molecule has 0 atom stereocenters. The fourth-order valence-electron chi connectivity index (χ4n) is 1.89. The van der Waals surface area contributed by atoms with Crippen LogP contribution in [0.1, 0.15) is 17.3 Å². The molecule has 0 aliphatic carbocycles. The number of pyridine rings is 1. The van der Waals surface area contributed by atoms with E-state index in [-0.39, 0.29) is 36.8 Å². The highest BCUT2D eigenvalue weighted by Gasteiger charge is 2.26. The minimum Gasteiger partial charge on any atom is -0.462 e. The molecule has 20 heavy (non-hydrogen) atoms. The Kier molecular flexibility index (Phi) is 3.83. The molecule has 0 saturated carbocycles. The van der Waals surface area contributed by atoms with Crippen LogP contribution in [-0.2, 0) is 14.3 Å². The van der Waals surface area contributed by atoms with Crippen LogP contribution >= 0.6 is 0 Å². The molecule has 1 aromatic heterocycles. The highest BCUT2D eigenvalue weighted by molar-refractivity contribution is 6.04. The zero-order chi connectivity index (χ0) is 14.7. The van der Waals surface area contributed by atoms with Crippen molar-refractivity contribution in [1.29, 1.82) is 0 Å². The summed E-state index contributed by atoms with van der Waals surface area (Å²) in [7, 11) is 0. The number of carbonyl (C=O) groups is 3. The SMILES string of the molecule is CCOC(=O)c1ccnc(N2CC(=O)NC(=O)C2)c1N. The van der Waals surface area contributed by atoms with Gasteiger partial charge in [0.05, 0.1) is 30.9 Å². The number of nitrogens with zero attached hydrogens (tertiary/aromatic N) is 2. The van der Waals surface area contributed by atoms with E-state index in [1.165, 1.54) is 17.2 Å². The van der Waals surface area contributed by atoms with E-state index in [2.05, 4.69) is 10.3 Å². The van der Waals surface area contributed by atoms with Gasteiger partial charge in [-0.1, -0.05) is 0 Å². The highest BCUT2D eigenvalue weighted by Crippen LogP contribution is 2.25. The molecule has 2 heterocycles. The van der Waals surface area contributed by atoms with Gasteiger partial charge in [0, 0.05) is 6.20 Å². The maximum absolute atomic E-state index is 11.7. The third-order valence-corrected chi connectivity index (χ3v) is 2.71. The molecule has 3 N–H and O–H groups in total. The number of nitrogen functional groups attached to an aromatic ring is 1. The lowest BCUT2D eigenvalue weighted by molar-refractivity contribution is -0.130. The molecule has 1 aliphatic heterocycles. The fourth-order valence-corrected chi connectivity index (χ4v) is 1.89. The molecule has 1 fully saturated rings. The van der Waals surface area contributed by atoms with Crippen molar-refractivity contribution in [3.63, 3.8) is 0 Å². The average molecular weight is 278 g/mol. The van der Waals surface area contributed by atoms with Gasteiger partial charge in [-0.05, 0) is 13.0 Å². The van der Waals surface area contributed by atoms with Crippen molar-refractivity contribution in [3.8, 4) is 0 Å². The molecule has 0 unspecified atom stereocenters. The minimum absolute atomic E-state index is 0.0464. The van der Waals surface area contributed by atoms with Crippen molar-refractivity contribution >= 4 is 29.3 Å². The summed E-state index contributed by atoms with van der Waals surface area (Å²) in [6.07, 6.45) is 1.38. The molecule has 8 heteroatoms. The van der Waals surface area contributed by atoms with Crippen molar-refractivity contribution in [1.82, 2.24) is 10.3 Å². The fraction of sp³-hybridized carbons (Fsp3) is 0.333. The Morgan fingerprint density at radius 1 is 1.45 bits per heavy atom. The number of piperazine rings is 1. The highest BCUT2D eigenvalue weighted by atomic mass is 16.5. The van der Waals surface area contributed by atoms with Crippen molar-refractivity contribution in [3.05, 3.63) is 17.8 Å². The molecule has 0 radical (unpaired) electrons. The van der Waals surface area contributed by atoms with Crippen molar-refractivity contribution < 1.29 is 19.1 Å². The molecule has 2 amide bonds. The molecule has 1 aromatic rings. The first-order chi connectivity index (χ1) is 9.52. The van der Waals surface area contributed by atoms with Crippen LogP contribution in [-0.4, -0.2) is 42.5 Å². The van der Waals surface area contributed by atoms with Crippen LogP contribution in [0.2, 0.25) is 0 Å². The topological polar surface area (TPSA) is 115 Å². The predicted octanol–water partition coefficient (Wildman–Crippen LogP) is -0.697. The Morgan fingerprint density at radius 2 is 2.10 bits per heavy atom. The normalized spacial score (nSPS) is 14.9. The van der Waals surface area contributed by atoms with E-state index in [0.717, 1.165) is 0 Å². The first kappa shape index (κ1) is 13.8. The third kappa shape index (κ3) is 2.68. The smallest absolute Gasteiger partial charge is 0.340 e. The van der Waals surface area contributed by atoms with E-state index in [1.807, 2.05) is 0 Å². The number of nitrogens with two attached hydrogens (primary N) is 1. The van der Waals surface area contributed by atoms with Crippen LogP contribution < -0.4 is 16.0 Å².